The van der Waals surface area contributed by atoms with Crippen LogP contribution in [-0.4, -0.2) is 11.5 Å². The lowest BCUT2D eigenvalue weighted by atomic mass is 9.93. The topological polar surface area (TPSA) is 17.1 Å². The van der Waals surface area contributed by atoms with Gasteiger partial charge in [0.1, 0.15) is 11.6 Å². The molecule has 0 radical (unpaired) electrons. The molecule has 1 heterocycles. The van der Waals surface area contributed by atoms with Crippen molar-refractivity contribution in [2.45, 2.75) is 17.2 Å². The van der Waals surface area contributed by atoms with Gasteiger partial charge >= 0.3 is 0 Å². The van der Waals surface area contributed by atoms with Crippen LogP contribution in [0.4, 0.5) is 4.39 Å². The standard InChI is InChI=1S/C16H13FOS/c17-12-7-5-11(6-8-12)9-15(18)14-10-19-16-4-2-1-3-13(14)16/h1-8,14H,9-10H2. The maximum atomic E-state index is 12.8. The van der Waals surface area contributed by atoms with Crippen LogP contribution in [0.2, 0.25) is 0 Å². The number of fused-ring (bicyclic) bond motifs is 1. The summed E-state index contributed by atoms with van der Waals surface area (Å²) in [5.41, 5.74) is 2.01. The number of Topliss-reactive ketones (excluding diaryl/α,β-unsaturated/α-hetero) is 1. The van der Waals surface area contributed by atoms with Gasteiger partial charge in [0, 0.05) is 17.1 Å². The minimum absolute atomic E-state index is 0.0220. The zero-order valence-electron chi connectivity index (χ0n) is 10.3. The first-order valence-corrected chi connectivity index (χ1v) is 7.21. The molecule has 3 rings (SSSR count). The van der Waals surface area contributed by atoms with Gasteiger partial charge in [-0.1, -0.05) is 30.3 Å². The Bertz CT molecular complexity index is 606. The summed E-state index contributed by atoms with van der Waals surface area (Å²) in [5.74, 6) is 0.743. The third-order valence-electron chi connectivity index (χ3n) is 3.38. The first kappa shape index (κ1) is 12.4. The monoisotopic (exact) mass is 272 g/mol. The number of carbonyl (C=O) groups excluding carboxylic acids is 1. The molecule has 2 aromatic rings. The molecule has 1 aliphatic heterocycles. The first-order chi connectivity index (χ1) is 9.24. The number of carbonyl (C=O) groups is 1. The molecule has 0 fully saturated rings. The summed E-state index contributed by atoms with van der Waals surface area (Å²) in [6.45, 7) is 0. The zero-order chi connectivity index (χ0) is 13.2. The van der Waals surface area contributed by atoms with Gasteiger partial charge in [-0.15, -0.1) is 11.8 Å². The van der Waals surface area contributed by atoms with Gasteiger partial charge in [-0.2, -0.15) is 0 Å². The number of benzene rings is 2. The molecule has 1 aliphatic rings. The number of rotatable bonds is 3. The van der Waals surface area contributed by atoms with E-state index in [1.807, 2.05) is 18.2 Å². The van der Waals surface area contributed by atoms with Crippen molar-refractivity contribution in [1.82, 2.24) is 0 Å². The van der Waals surface area contributed by atoms with E-state index in [4.69, 9.17) is 0 Å². The summed E-state index contributed by atoms with van der Waals surface area (Å²) >= 11 is 1.74. The Balaban J connectivity index is 1.77. The summed E-state index contributed by atoms with van der Waals surface area (Å²) in [6, 6.07) is 14.2. The van der Waals surface area contributed by atoms with E-state index in [0.29, 0.717) is 6.42 Å². The average molecular weight is 272 g/mol. The molecule has 1 unspecified atom stereocenters. The lowest BCUT2D eigenvalue weighted by molar-refractivity contribution is -0.119. The first-order valence-electron chi connectivity index (χ1n) is 6.23. The number of hydrogen-bond acceptors (Lipinski definition) is 2. The Morgan fingerprint density at radius 1 is 1.16 bits per heavy atom. The Labute approximate surface area is 115 Å². The maximum absolute atomic E-state index is 12.8. The quantitative estimate of drug-likeness (QED) is 0.844. The highest BCUT2D eigenvalue weighted by atomic mass is 32.2. The third kappa shape index (κ3) is 2.56. The molecule has 0 spiro atoms. The molecule has 2 aromatic carbocycles. The van der Waals surface area contributed by atoms with Gasteiger partial charge in [0.2, 0.25) is 0 Å². The van der Waals surface area contributed by atoms with Crippen molar-refractivity contribution in [3.63, 3.8) is 0 Å². The second-order valence-corrected chi connectivity index (χ2v) is 5.73. The molecule has 1 atom stereocenters. The Kier molecular flexibility index (Phi) is 3.38. The van der Waals surface area contributed by atoms with E-state index >= 15 is 0 Å². The van der Waals surface area contributed by atoms with Crippen LogP contribution in [0.5, 0.6) is 0 Å². The fourth-order valence-electron chi connectivity index (χ4n) is 2.36. The van der Waals surface area contributed by atoms with E-state index in [0.717, 1.165) is 16.9 Å². The van der Waals surface area contributed by atoms with Gasteiger partial charge < -0.3 is 0 Å². The maximum Gasteiger partial charge on any atom is 0.145 e. The summed E-state index contributed by atoms with van der Waals surface area (Å²) in [6.07, 6.45) is 0.375. The second-order valence-electron chi connectivity index (χ2n) is 4.67. The molecule has 19 heavy (non-hydrogen) atoms. The van der Waals surface area contributed by atoms with Crippen LogP contribution in [0.15, 0.2) is 53.4 Å². The molecule has 0 amide bonds. The van der Waals surface area contributed by atoms with Crippen molar-refractivity contribution in [2.75, 3.05) is 5.75 Å². The van der Waals surface area contributed by atoms with Gasteiger partial charge in [0.15, 0.2) is 0 Å². The summed E-state index contributed by atoms with van der Waals surface area (Å²) in [4.78, 5) is 13.6. The smallest absolute Gasteiger partial charge is 0.145 e. The van der Waals surface area contributed by atoms with Gasteiger partial charge in [-0.05, 0) is 29.3 Å². The largest absolute Gasteiger partial charge is 0.299 e. The predicted molar refractivity (Wildman–Crippen MR) is 75.0 cm³/mol. The summed E-state index contributed by atoms with van der Waals surface area (Å²) < 4.78 is 12.8. The lowest BCUT2D eigenvalue weighted by Crippen LogP contribution is -2.14. The summed E-state index contributed by atoms with van der Waals surface area (Å²) in [5, 5.41) is 0. The van der Waals surface area contributed by atoms with Crippen LogP contribution in [0.1, 0.15) is 17.0 Å². The molecule has 0 aliphatic carbocycles. The minimum Gasteiger partial charge on any atom is -0.299 e. The van der Waals surface area contributed by atoms with Crippen LogP contribution in [0.3, 0.4) is 0 Å². The van der Waals surface area contributed by atoms with Gasteiger partial charge in [-0.3, -0.25) is 4.79 Å². The van der Waals surface area contributed by atoms with E-state index < -0.39 is 0 Å². The number of halogens is 1. The van der Waals surface area contributed by atoms with Gasteiger partial charge in [-0.25, -0.2) is 4.39 Å². The van der Waals surface area contributed by atoms with Gasteiger partial charge in [0.05, 0.1) is 5.92 Å². The number of hydrogen-bond donors (Lipinski definition) is 0. The highest BCUT2D eigenvalue weighted by Crippen LogP contribution is 2.40. The molecular weight excluding hydrogens is 259 g/mol. The molecule has 0 saturated carbocycles. The fourth-order valence-corrected chi connectivity index (χ4v) is 3.62. The Morgan fingerprint density at radius 2 is 1.89 bits per heavy atom. The van der Waals surface area contributed by atoms with Crippen LogP contribution in [0, 0.1) is 5.82 Å². The summed E-state index contributed by atoms with van der Waals surface area (Å²) in [7, 11) is 0. The van der Waals surface area contributed by atoms with Crippen molar-refractivity contribution in [3.05, 3.63) is 65.5 Å². The van der Waals surface area contributed by atoms with Crippen LogP contribution in [0.25, 0.3) is 0 Å². The zero-order valence-corrected chi connectivity index (χ0v) is 11.1. The molecule has 0 N–H and O–H groups in total. The van der Waals surface area contributed by atoms with E-state index in [9.17, 15) is 9.18 Å². The number of ketones is 1. The van der Waals surface area contributed by atoms with E-state index in [-0.39, 0.29) is 17.5 Å². The highest BCUT2D eigenvalue weighted by molar-refractivity contribution is 7.99. The predicted octanol–water partition coefficient (Wildman–Crippen LogP) is 3.83. The number of thioether (sulfide) groups is 1. The van der Waals surface area contributed by atoms with Crippen molar-refractivity contribution < 1.29 is 9.18 Å². The normalized spacial score (nSPS) is 17.2. The molecule has 1 nitrogen and oxygen atoms in total. The van der Waals surface area contributed by atoms with Crippen LogP contribution >= 0.6 is 11.8 Å². The molecule has 96 valence electrons. The Morgan fingerprint density at radius 3 is 2.68 bits per heavy atom. The molecule has 3 heteroatoms. The minimum atomic E-state index is -0.266. The second kappa shape index (κ2) is 5.17. The Hall–Kier alpha value is -1.61. The van der Waals surface area contributed by atoms with Crippen molar-refractivity contribution in [1.29, 1.82) is 0 Å². The SMILES string of the molecule is O=C(Cc1ccc(F)cc1)C1CSc2ccccc21. The van der Waals surface area contributed by atoms with E-state index in [2.05, 4.69) is 6.07 Å². The third-order valence-corrected chi connectivity index (χ3v) is 4.56. The van der Waals surface area contributed by atoms with E-state index in [1.54, 1.807) is 23.9 Å². The van der Waals surface area contributed by atoms with Crippen molar-refractivity contribution in [3.8, 4) is 0 Å². The lowest BCUT2D eigenvalue weighted by Gasteiger charge is -2.09. The molecular formula is C16H13FOS. The van der Waals surface area contributed by atoms with Crippen molar-refractivity contribution in [2.24, 2.45) is 0 Å². The molecule has 0 aromatic heterocycles. The van der Waals surface area contributed by atoms with Crippen LogP contribution < -0.4 is 0 Å². The molecule has 0 saturated heterocycles. The average Bonchev–Trinajstić information content (AvgIpc) is 2.85. The van der Waals surface area contributed by atoms with Gasteiger partial charge in [0.25, 0.3) is 0 Å². The van der Waals surface area contributed by atoms with E-state index in [1.165, 1.54) is 17.0 Å². The van der Waals surface area contributed by atoms with Crippen molar-refractivity contribution >= 4 is 17.5 Å². The fraction of sp³-hybridized carbons (Fsp3) is 0.188. The highest BCUT2D eigenvalue weighted by Gasteiger charge is 2.28. The van der Waals surface area contributed by atoms with Crippen LogP contribution in [-0.2, 0) is 11.2 Å². The molecule has 0 bridgehead atoms.